The Hall–Kier alpha value is -2.55. The van der Waals surface area contributed by atoms with Gasteiger partial charge < -0.3 is 15.3 Å². The number of nitrogens with one attached hydrogen (secondary N) is 1. The van der Waals surface area contributed by atoms with Crippen molar-refractivity contribution in [3.05, 3.63) is 57.7 Å². The molecule has 1 aromatic carbocycles. The van der Waals surface area contributed by atoms with Crippen molar-refractivity contribution < 1.29 is 14.7 Å². The topological polar surface area (TPSA) is 82.5 Å². The molecule has 6 nitrogen and oxygen atoms in total. The normalized spacial score (nSPS) is 14.7. The summed E-state index contributed by atoms with van der Waals surface area (Å²) >= 11 is 3.02. The van der Waals surface area contributed by atoms with Crippen molar-refractivity contribution in [2.75, 3.05) is 25.0 Å². The number of thiophene rings is 1. The molecular weight excluding hydrogens is 406 g/mol. The molecule has 0 bridgehead atoms. The molecule has 8 heteroatoms. The van der Waals surface area contributed by atoms with Gasteiger partial charge in [-0.25, -0.2) is 4.98 Å². The van der Waals surface area contributed by atoms with Crippen molar-refractivity contribution in [3.63, 3.8) is 0 Å². The van der Waals surface area contributed by atoms with E-state index < -0.39 is 0 Å². The minimum Gasteiger partial charge on any atom is -0.396 e. The van der Waals surface area contributed by atoms with Crippen LogP contribution >= 0.6 is 22.7 Å². The van der Waals surface area contributed by atoms with E-state index in [2.05, 4.69) is 10.3 Å². The number of likely N-dealkylation sites (tertiary alicyclic amines) is 1. The number of aliphatic hydroxyl groups excluding tert-OH is 1. The molecule has 3 heterocycles. The lowest BCUT2D eigenvalue weighted by Crippen LogP contribution is -2.39. The lowest BCUT2D eigenvalue weighted by atomic mass is 9.97. The summed E-state index contributed by atoms with van der Waals surface area (Å²) in [6.45, 7) is 1.46. The minimum absolute atomic E-state index is 0.0501. The van der Waals surface area contributed by atoms with Crippen molar-refractivity contribution in [1.29, 1.82) is 0 Å². The Bertz CT molecular complexity index is 992. The Balaban J connectivity index is 1.42. The van der Waals surface area contributed by atoms with E-state index in [1.165, 1.54) is 11.3 Å². The maximum atomic E-state index is 12.8. The van der Waals surface area contributed by atoms with Crippen LogP contribution in [0.4, 0.5) is 5.69 Å². The molecule has 29 heavy (non-hydrogen) atoms. The molecule has 4 rings (SSSR count). The fourth-order valence-electron chi connectivity index (χ4n) is 3.32. The van der Waals surface area contributed by atoms with Crippen LogP contribution in [0.3, 0.4) is 0 Å². The van der Waals surface area contributed by atoms with Gasteiger partial charge in [-0.2, -0.15) is 11.3 Å². The Morgan fingerprint density at radius 1 is 1.21 bits per heavy atom. The molecule has 0 aliphatic carbocycles. The number of nitrogens with zero attached hydrogens (tertiary/aromatic N) is 2. The molecule has 0 spiro atoms. The molecule has 2 N–H and O–H groups in total. The average Bonchev–Trinajstić information content (AvgIpc) is 3.45. The van der Waals surface area contributed by atoms with Gasteiger partial charge in [0.2, 0.25) is 0 Å². The van der Waals surface area contributed by atoms with E-state index in [1.807, 2.05) is 16.8 Å². The van der Waals surface area contributed by atoms with Gasteiger partial charge in [-0.15, -0.1) is 11.3 Å². The van der Waals surface area contributed by atoms with E-state index in [9.17, 15) is 14.7 Å². The summed E-state index contributed by atoms with van der Waals surface area (Å²) in [5.74, 6) is -0.0660. The van der Waals surface area contributed by atoms with Gasteiger partial charge in [-0.1, -0.05) is 6.07 Å². The largest absolute Gasteiger partial charge is 0.396 e. The summed E-state index contributed by atoms with van der Waals surface area (Å²) in [4.78, 5) is 31.6. The number of anilines is 1. The second kappa shape index (κ2) is 8.86. The summed E-state index contributed by atoms with van der Waals surface area (Å²) in [5.41, 5.74) is 2.48. The Labute approximate surface area is 176 Å². The Morgan fingerprint density at radius 2 is 2.03 bits per heavy atom. The lowest BCUT2D eigenvalue weighted by molar-refractivity contribution is 0.0650. The number of hydrogen-bond donors (Lipinski definition) is 2. The maximum absolute atomic E-state index is 12.8. The number of carbonyl (C=O) groups excluding carboxylic acids is 2. The van der Waals surface area contributed by atoms with Gasteiger partial charge in [0.1, 0.15) is 10.7 Å². The molecule has 0 atom stereocenters. The van der Waals surface area contributed by atoms with Crippen molar-refractivity contribution >= 4 is 40.2 Å². The maximum Gasteiger partial charge on any atom is 0.275 e. The second-order valence-corrected chi connectivity index (χ2v) is 8.64. The van der Waals surface area contributed by atoms with Crippen LogP contribution in [-0.2, 0) is 0 Å². The molecule has 2 amide bonds. The first-order valence-electron chi connectivity index (χ1n) is 9.43. The van der Waals surface area contributed by atoms with Crippen molar-refractivity contribution in [2.45, 2.75) is 12.8 Å². The number of hydrogen-bond acceptors (Lipinski definition) is 6. The zero-order chi connectivity index (χ0) is 20.2. The minimum atomic E-state index is -0.295. The highest BCUT2D eigenvalue weighted by molar-refractivity contribution is 7.14. The van der Waals surface area contributed by atoms with Crippen LogP contribution in [0.5, 0.6) is 0 Å². The summed E-state index contributed by atoms with van der Waals surface area (Å²) in [5, 5.41) is 18.6. The fourth-order valence-corrected chi connectivity index (χ4v) is 4.84. The summed E-state index contributed by atoms with van der Waals surface area (Å²) in [6.07, 6.45) is 1.63. The van der Waals surface area contributed by atoms with Gasteiger partial charge >= 0.3 is 0 Å². The average molecular weight is 428 g/mol. The third-order valence-electron chi connectivity index (χ3n) is 5.03. The number of carbonyl (C=O) groups is 2. The highest BCUT2D eigenvalue weighted by atomic mass is 32.1. The number of piperidine rings is 1. The molecular formula is C21H21N3O3S2. The van der Waals surface area contributed by atoms with E-state index in [-0.39, 0.29) is 24.3 Å². The summed E-state index contributed by atoms with van der Waals surface area (Å²) in [7, 11) is 0. The molecule has 0 unspecified atom stereocenters. The van der Waals surface area contributed by atoms with E-state index in [1.54, 1.807) is 45.9 Å². The molecule has 1 saturated heterocycles. The summed E-state index contributed by atoms with van der Waals surface area (Å²) in [6, 6.07) is 8.96. The van der Waals surface area contributed by atoms with Gasteiger partial charge in [-0.3, -0.25) is 9.59 Å². The van der Waals surface area contributed by atoms with E-state index in [0.717, 1.165) is 23.4 Å². The van der Waals surface area contributed by atoms with Crippen LogP contribution in [0.15, 0.2) is 46.5 Å². The van der Waals surface area contributed by atoms with Gasteiger partial charge in [0, 0.05) is 47.3 Å². The van der Waals surface area contributed by atoms with Crippen LogP contribution in [0.2, 0.25) is 0 Å². The predicted molar refractivity (Wildman–Crippen MR) is 116 cm³/mol. The number of rotatable bonds is 5. The van der Waals surface area contributed by atoms with Crippen LogP contribution in [0.1, 0.15) is 33.7 Å². The third-order valence-corrected chi connectivity index (χ3v) is 6.61. The number of benzene rings is 1. The zero-order valence-electron chi connectivity index (χ0n) is 15.7. The standard InChI is InChI=1S/C21H21N3O3S2/c25-11-14-4-7-24(8-5-14)21(27)15-2-1-3-17(10-15)22-19(26)18-13-29-20(23-18)16-6-9-28-12-16/h1-3,6,9-10,12-14,25H,4-5,7-8,11H2,(H,22,26). The molecule has 0 saturated carbocycles. The highest BCUT2D eigenvalue weighted by Gasteiger charge is 2.23. The molecule has 1 aliphatic rings. The first-order valence-corrected chi connectivity index (χ1v) is 11.3. The van der Waals surface area contributed by atoms with Crippen LogP contribution < -0.4 is 5.32 Å². The molecule has 1 fully saturated rings. The second-order valence-electron chi connectivity index (χ2n) is 7.00. The summed E-state index contributed by atoms with van der Waals surface area (Å²) < 4.78 is 0. The van der Waals surface area contributed by atoms with E-state index in [4.69, 9.17) is 0 Å². The Kier molecular flexibility index (Phi) is 6.03. The number of aromatic nitrogens is 1. The number of aliphatic hydroxyl groups is 1. The van der Waals surface area contributed by atoms with Crippen LogP contribution in [0.25, 0.3) is 10.6 Å². The lowest BCUT2D eigenvalue weighted by Gasteiger charge is -2.31. The smallest absolute Gasteiger partial charge is 0.275 e. The first-order chi connectivity index (χ1) is 14.1. The monoisotopic (exact) mass is 427 g/mol. The van der Waals surface area contributed by atoms with Crippen molar-refractivity contribution in [3.8, 4) is 10.6 Å². The van der Waals surface area contributed by atoms with Gasteiger partial charge in [0.15, 0.2) is 0 Å². The van der Waals surface area contributed by atoms with Gasteiger partial charge in [-0.05, 0) is 48.4 Å². The molecule has 150 valence electrons. The van der Waals surface area contributed by atoms with Crippen LogP contribution in [0, 0.1) is 5.92 Å². The quantitative estimate of drug-likeness (QED) is 0.646. The molecule has 3 aromatic rings. The molecule has 0 radical (unpaired) electrons. The molecule has 2 aromatic heterocycles. The van der Waals surface area contributed by atoms with Gasteiger partial charge in [0.25, 0.3) is 11.8 Å². The highest BCUT2D eigenvalue weighted by Crippen LogP contribution is 2.26. The third kappa shape index (κ3) is 4.55. The zero-order valence-corrected chi connectivity index (χ0v) is 17.3. The van der Waals surface area contributed by atoms with E-state index in [0.29, 0.717) is 30.0 Å². The van der Waals surface area contributed by atoms with Gasteiger partial charge in [0.05, 0.1) is 0 Å². The Morgan fingerprint density at radius 3 is 2.76 bits per heavy atom. The molecule has 1 aliphatic heterocycles. The van der Waals surface area contributed by atoms with Crippen molar-refractivity contribution in [1.82, 2.24) is 9.88 Å². The number of amides is 2. The number of thiazole rings is 1. The van der Waals surface area contributed by atoms with E-state index >= 15 is 0 Å². The SMILES string of the molecule is O=C(Nc1cccc(C(=O)N2CCC(CO)CC2)c1)c1csc(-c2ccsc2)n1. The predicted octanol–water partition coefficient (Wildman–Crippen LogP) is 3.97. The first kappa shape index (κ1) is 19.8. The van der Waals surface area contributed by atoms with Crippen LogP contribution in [-0.4, -0.2) is 46.5 Å². The fraction of sp³-hybridized carbons (Fsp3) is 0.286. The van der Waals surface area contributed by atoms with Crippen molar-refractivity contribution in [2.24, 2.45) is 5.92 Å².